The minimum absolute atomic E-state index is 0. The van der Waals surface area contributed by atoms with E-state index < -0.39 is 11.9 Å². The zero-order valence-electron chi connectivity index (χ0n) is 5.80. The van der Waals surface area contributed by atoms with Gasteiger partial charge in [-0.1, -0.05) is 0 Å². The molecule has 0 saturated heterocycles. The number of carboxylic acid groups (broad SMARTS) is 2. The Hall–Kier alpha value is -0.101. The molecule has 0 rings (SSSR count). The number of hydrogen-bond donors (Lipinski definition) is 2. The van der Waals surface area contributed by atoms with Crippen molar-refractivity contribution in [1.82, 2.24) is 0 Å². The van der Waals surface area contributed by atoms with E-state index in [1.165, 1.54) is 0 Å². The van der Waals surface area contributed by atoms with Crippen LogP contribution in [0.2, 0.25) is 0 Å². The van der Waals surface area contributed by atoms with E-state index in [1.54, 1.807) is 0 Å². The number of carbonyl (C=O) groups excluding carboxylic acids is 2. The number of aliphatic carboxylic acids is 2. The first-order valence-electron chi connectivity index (χ1n) is 2.34. The van der Waals surface area contributed by atoms with Crippen LogP contribution in [0.15, 0.2) is 0 Å². The Kier molecular flexibility index (Phi) is 32.3. The van der Waals surface area contributed by atoms with Crippen molar-refractivity contribution in [3.63, 3.8) is 0 Å². The minimum Gasteiger partial charge on any atom is -0.549 e. The fraction of sp³-hybridized carbons (Fsp3) is 0.500. The Labute approximate surface area is 90.6 Å². The summed E-state index contributed by atoms with van der Waals surface area (Å²) in [7, 11) is 0. The molecule has 0 radical (unpaired) electrons. The molecule has 80 valence electrons. The molecule has 0 saturated carbocycles. The van der Waals surface area contributed by atoms with Gasteiger partial charge in [0.2, 0.25) is 0 Å². The Morgan fingerprint density at radius 2 is 1.00 bits per heavy atom. The van der Waals surface area contributed by atoms with Gasteiger partial charge in [-0.25, -0.2) is 0 Å². The average Bonchev–Trinajstić information content (AvgIpc) is 1.89. The van der Waals surface area contributed by atoms with E-state index in [9.17, 15) is 0 Å². The fourth-order valence-corrected chi connectivity index (χ4v) is 0. The average molecular weight is 275 g/mol. The van der Waals surface area contributed by atoms with Gasteiger partial charge in [-0.3, -0.25) is 0 Å². The van der Waals surface area contributed by atoms with Crippen LogP contribution in [0.5, 0.6) is 0 Å². The summed E-state index contributed by atoms with van der Waals surface area (Å²) in [6.07, 6.45) is 0. The zero-order chi connectivity index (χ0) is 8.57. The summed E-state index contributed by atoms with van der Waals surface area (Å²) >= 11 is 0. The van der Waals surface area contributed by atoms with Crippen molar-refractivity contribution in [2.24, 2.45) is 11.5 Å². The molecule has 12 heavy (non-hydrogen) atoms. The molecule has 0 heterocycles. The van der Waals surface area contributed by atoms with Crippen LogP contribution in [0.25, 0.3) is 0 Å². The molecule has 0 fully saturated rings. The quantitative estimate of drug-likeness (QED) is 0.487. The van der Waals surface area contributed by atoms with Crippen LogP contribution in [0.4, 0.5) is 0 Å². The molecule has 0 aliphatic heterocycles. The van der Waals surface area contributed by atoms with Crippen molar-refractivity contribution in [1.29, 1.82) is 0 Å². The first-order valence-corrected chi connectivity index (χ1v) is 2.34. The summed E-state index contributed by atoms with van der Waals surface area (Å²) in [5.41, 5.74) is 9.02. The first kappa shape index (κ1) is 22.7. The molecule has 0 bridgehead atoms. The van der Waals surface area contributed by atoms with Crippen LogP contribution in [-0.2, 0) is 43.7 Å². The van der Waals surface area contributed by atoms with Gasteiger partial charge in [-0.2, -0.15) is 0 Å². The summed E-state index contributed by atoms with van der Waals surface area (Å²) < 4.78 is 0. The number of hydrogen-bond acceptors (Lipinski definition) is 6. The predicted octanol–water partition coefficient (Wildman–Crippen LogP) is -4.62. The van der Waals surface area contributed by atoms with Gasteiger partial charge in [-0.15, -0.1) is 0 Å². The molecule has 0 amide bonds. The fourth-order valence-electron chi connectivity index (χ4n) is 0. The molecule has 0 aliphatic carbocycles. The molecule has 0 aliphatic rings. The maximum absolute atomic E-state index is 9.13. The molecule has 0 spiro atoms. The molecule has 0 aromatic carbocycles. The minimum atomic E-state index is -1.22. The van der Waals surface area contributed by atoms with Gasteiger partial charge in [-0.05, 0) is 0 Å². The molecule has 8 heteroatoms. The van der Waals surface area contributed by atoms with Gasteiger partial charge in [0, 0.05) is 13.1 Å². The summed E-state index contributed by atoms with van der Waals surface area (Å²) in [6.45, 7) is -0.778. The van der Waals surface area contributed by atoms with E-state index in [1.807, 2.05) is 0 Å². The molecule has 0 aromatic heterocycles. The number of nitrogens with two attached hydrogens (primary N) is 2. The SMILES string of the molecule is NCC(=O)[O-].NCC(=O)[O-].[Cu+].[Cu+]. The van der Waals surface area contributed by atoms with Crippen LogP contribution >= 0.6 is 0 Å². The molecule has 0 aromatic rings. The third-order valence-corrected chi connectivity index (χ3v) is 0.333. The van der Waals surface area contributed by atoms with Crippen LogP contribution in [0.3, 0.4) is 0 Å². The first-order chi connectivity index (χ1) is 4.54. The summed E-state index contributed by atoms with van der Waals surface area (Å²) in [4.78, 5) is 18.3. The van der Waals surface area contributed by atoms with Crippen molar-refractivity contribution < 1.29 is 53.9 Å². The number of rotatable bonds is 2. The van der Waals surface area contributed by atoms with Crippen molar-refractivity contribution in [3.8, 4) is 0 Å². The molecular weight excluding hydrogens is 267 g/mol. The Balaban J connectivity index is -0.0000000457. The standard InChI is InChI=1S/2C2H5NO2.2Cu/c2*3-1-2(4)5;;/h2*1,3H2,(H,4,5);;/q;;2*+1/p-2. The maximum Gasteiger partial charge on any atom is 1.00 e. The predicted molar refractivity (Wildman–Crippen MR) is 28.1 cm³/mol. The smallest absolute Gasteiger partial charge is 0.549 e. The third kappa shape index (κ3) is 51.6. The summed E-state index contributed by atoms with van der Waals surface area (Å²) in [6, 6.07) is 0. The molecule has 0 unspecified atom stereocenters. The monoisotopic (exact) mass is 274 g/mol. The van der Waals surface area contributed by atoms with Gasteiger partial charge in [0.15, 0.2) is 0 Å². The number of carbonyl (C=O) groups is 2. The third-order valence-electron chi connectivity index (χ3n) is 0.333. The van der Waals surface area contributed by atoms with Gasteiger partial charge < -0.3 is 31.3 Å². The normalized spacial score (nSPS) is 6.17. The van der Waals surface area contributed by atoms with Gasteiger partial charge in [0.1, 0.15) is 0 Å². The van der Waals surface area contributed by atoms with Gasteiger partial charge >= 0.3 is 34.1 Å². The Bertz CT molecular complexity index is 108. The molecule has 6 nitrogen and oxygen atoms in total. The Morgan fingerprint density at radius 1 is 0.917 bits per heavy atom. The molecule has 0 atom stereocenters. The second-order valence-corrected chi connectivity index (χ2v) is 1.15. The van der Waals surface area contributed by atoms with E-state index in [-0.39, 0.29) is 47.2 Å². The van der Waals surface area contributed by atoms with Crippen molar-refractivity contribution in [2.75, 3.05) is 13.1 Å². The molecule has 4 N–H and O–H groups in total. The molecular formula is C4H8Cu2N2O4. The van der Waals surface area contributed by atoms with Crippen LogP contribution in [0, 0.1) is 0 Å². The van der Waals surface area contributed by atoms with Gasteiger partial charge in [0.25, 0.3) is 0 Å². The van der Waals surface area contributed by atoms with Crippen molar-refractivity contribution in [2.45, 2.75) is 0 Å². The summed E-state index contributed by atoms with van der Waals surface area (Å²) in [5.74, 6) is -2.44. The Morgan fingerprint density at radius 3 is 1.00 bits per heavy atom. The van der Waals surface area contributed by atoms with E-state index in [4.69, 9.17) is 19.8 Å². The van der Waals surface area contributed by atoms with Crippen LogP contribution in [-0.4, -0.2) is 25.0 Å². The second-order valence-electron chi connectivity index (χ2n) is 1.15. The van der Waals surface area contributed by atoms with Gasteiger partial charge in [0.05, 0.1) is 11.9 Å². The van der Waals surface area contributed by atoms with Crippen molar-refractivity contribution >= 4 is 11.9 Å². The largest absolute Gasteiger partial charge is 1.00 e. The van der Waals surface area contributed by atoms with E-state index in [0.29, 0.717) is 0 Å². The van der Waals surface area contributed by atoms with E-state index >= 15 is 0 Å². The topological polar surface area (TPSA) is 132 Å². The summed E-state index contributed by atoms with van der Waals surface area (Å²) in [5, 5.41) is 18.3. The maximum atomic E-state index is 9.13. The van der Waals surface area contributed by atoms with Crippen LogP contribution < -0.4 is 21.7 Å². The zero-order valence-corrected chi connectivity index (χ0v) is 7.69. The van der Waals surface area contributed by atoms with E-state index in [0.717, 1.165) is 0 Å². The van der Waals surface area contributed by atoms with Crippen molar-refractivity contribution in [3.05, 3.63) is 0 Å². The second kappa shape index (κ2) is 17.1. The van der Waals surface area contributed by atoms with Crippen LogP contribution in [0.1, 0.15) is 0 Å². The van der Waals surface area contributed by atoms with E-state index in [2.05, 4.69) is 11.5 Å². The number of carboxylic acids is 2.